The van der Waals surface area contributed by atoms with Gasteiger partial charge in [-0.2, -0.15) is 0 Å². The van der Waals surface area contributed by atoms with Gasteiger partial charge in [0.25, 0.3) is 0 Å². The number of benzene rings is 2. The molecule has 104 valence electrons. The molecule has 1 heteroatoms. The Morgan fingerprint density at radius 3 is 2.75 bits per heavy atom. The SMILES string of the molecule is Cc1ccc2c(c1)C(NC(C)Cc1ccccc1)CC2. The van der Waals surface area contributed by atoms with Crippen molar-refractivity contribution < 1.29 is 0 Å². The quantitative estimate of drug-likeness (QED) is 0.873. The molecule has 3 rings (SSSR count). The normalized spacial score (nSPS) is 18.8. The van der Waals surface area contributed by atoms with Gasteiger partial charge in [0.05, 0.1) is 0 Å². The zero-order chi connectivity index (χ0) is 13.9. The van der Waals surface area contributed by atoms with Gasteiger partial charge >= 0.3 is 0 Å². The van der Waals surface area contributed by atoms with Gasteiger partial charge in [-0.25, -0.2) is 0 Å². The monoisotopic (exact) mass is 265 g/mol. The summed E-state index contributed by atoms with van der Waals surface area (Å²) in [6, 6.07) is 18.7. The van der Waals surface area contributed by atoms with Gasteiger partial charge in [-0.05, 0) is 49.8 Å². The van der Waals surface area contributed by atoms with Crippen molar-refractivity contribution in [2.75, 3.05) is 0 Å². The van der Waals surface area contributed by atoms with E-state index in [0.29, 0.717) is 12.1 Å². The maximum absolute atomic E-state index is 3.81. The lowest BCUT2D eigenvalue weighted by atomic mass is 10.0. The van der Waals surface area contributed by atoms with Crippen LogP contribution in [-0.2, 0) is 12.8 Å². The summed E-state index contributed by atoms with van der Waals surface area (Å²) in [5.41, 5.74) is 5.83. The zero-order valence-corrected chi connectivity index (χ0v) is 12.4. The van der Waals surface area contributed by atoms with Crippen LogP contribution in [0.2, 0.25) is 0 Å². The van der Waals surface area contributed by atoms with E-state index >= 15 is 0 Å². The van der Waals surface area contributed by atoms with Gasteiger partial charge in [0, 0.05) is 12.1 Å². The highest BCUT2D eigenvalue weighted by molar-refractivity contribution is 5.37. The van der Waals surface area contributed by atoms with Crippen LogP contribution in [0.3, 0.4) is 0 Å². The third-order valence-corrected chi connectivity index (χ3v) is 4.25. The summed E-state index contributed by atoms with van der Waals surface area (Å²) >= 11 is 0. The van der Waals surface area contributed by atoms with Gasteiger partial charge in [-0.15, -0.1) is 0 Å². The molecule has 0 bridgehead atoms. The Hall–Kier alpha value is -1.60. The largest absolute Gasteiger partial charge is 0.307 e. The fraction of sp³-hybridized carbons (Fsp3) is 0.368. The Labute approximate surface area is 122 Å². The predicted molar refractivity (Wildman–Crippen MR) is 85.0 cm³/mol. The molecule has 2 atom stereocenters. The molecule has 2 unspecified atom stereocenters. The van der Waals surface area contributed by atoms with Gasteiger partial charge in [0.2, 0.25) is 0 Å². The van der Waals surface area contributed by atoms with Crippen molar-refractivity contribution in [2.24, 2.45) is 0 Å². The van der Waals surface area contributed by atoms with Crippen LogP contribution >= 0.6 is 0 Å². The first-order valence-corrected chi connectivity index (χ1v) is 7.62. The van der Waals surface area contributed by atoms with E-state index < -0.39 is 0 Å². The van der Waals surface area contributed by atoms with Crippen molar-refractivity contribution in [3.05, 3.63) is 70.8 Å². The van der Waals surface area contributed by atoms with E-state index in [2.05, 4.69) is 67.7 Å². The molecule has 0 amide bonds. The van der Waals surface area contributed by atoms with E-state index in [-0.39, 0.29) is 0 Å². The van der Waals surface area contributed by atoms with Crippen molar-refractivity contribution in [1.82, 2.24) is 5.32 Å². The Kier molecular flexibility index (Phi) is 3.88. The predicted octanol–water partition coefficient (Wildman–Crippen LogP) is 4.20. The van der Waals surface area contributed by atoms with Gasteiger partial charge in [-0.1, -0.05) is 54.1 Å². The minimum absolute atomic E-state index is 0.508. The summed E-state index contributed by atoms with van der Waals surface area (Å²) < 4.78 is 0. The number of hydrogen-bond acceptors (Lipinski definition) is 1. The summed E-state index contributed by atoms with van der Waals surface area (Å²) in [5.74, 6) is 0. The van der Waals surface area contributed by atoms with Gasteiger partial charge in [0.15, 0.2) is 0 Å². The molecule has 1 nitrogen and oxygen atoms in total. The lowest BCUT2D eigenvalue weighted by Crippen LogP contribution is -2.31. The average Bonchev–Trinajstić information content (AvgIpc) is 2.82. The summed E-state index contributed by atoms with van der Waals surface area (Å²) in [4.78, 5) is 0. The molecular formula is C19H23N. The molecular weight excluding hydrogens is 242 g/mol. The van der Waals surface area contributed by atoms with E-state index in [1.807, 2.05) is 0 Å². The van der Waals surface area contributed by atoms with Crippen LogP contribution in [0.15, 0.2) is 48.5 Å². The molecule has 0 aliphatic heterocycles. The molecule has 0 aromatic heterocycles. The van der Waals surface area contributed by atoms with E-state index in [1.54, 1.807) is 0 Å². The minimum atomic E-state index is 0.508. The first-order valence-electron chi connectivity index (χ1n) is 7.62. The lowest BCUT2D eigenvalue weighted by Gasteiger charge is -2.21. The van der Waals surface area contributed by atoms with Crippen LogP contribution in [0.4, 0.5) is 0 Å². The van der Waals surface area contributed by atoms with Crippen molar-refractivity contribution >= 4 is 0 Å². The lowest BCUT2D eigenvalue weighted by molar-refractivity contribution is 0.451. The number of hydrogen-bond donors (Lipinski definition) is 1. The molecule has 0 saturated heterocycles. The molecule has 20 heavy (non-hydrogen) atoms. The molecule has 0 spiro atoms. The second-order valence-electron chi connectivity index (χ2n) is 6.05. The Balaban J connectivity index is 1.66. The molecule has 0 saturated carbocycles. The minimum Gasteiger partial charge on any atom is -0.307 e. The van der Waals surface area contributed by atoms with E-state index in [4.69, 9.17) is 0 Å². The van der Waals surface area contributed by atoms with E-state index in [0.717, 1.165) is 6.42 Å². The smallest absolute Gasteiger partial charge is 0.0328 e. The molecule has 0 radical (unpaired) electrons. The Bertz CT molecular complexity index is 574. The highest BCUT2D eigenvalue weighted by Gasteiger charge is 2.23. The van der Waals surface area contributed by atoms with Crippen LogP contribution in [0.5, 0.6) is 0 Å². The molecule has 0 heterocycles. The van der Waals surface area contributed by atoms with Crippen molar-refractivity contribution in [3.8, 4) is 0 Å². The van der Waals surface area contributed by atoms with Crippen molar-refractivity contribution in [3.63, 3.8) is 0 Å². The highest BCUT2D eigenvalue weighted by atomic mass is 14.9. The molecule has 1 aliphatic carbocycles. The van der Waals surface area contributed by atoms with Gasteiger partial charge in [0.1, 0.15) is 0 Å². The first-order chi connectivity index (χ1) is 9.72. The van der Waals surface area contributed by atoms with Crippen LogP contribution in [0, 0.1) is 6.92 Å². The maximum Gasteiger partial charge on any atom is 0.0328 e. The standard InChI is InChI=1S/C19H23N/c1-14-8-9-17-10-11-19(18(17)12-14)20-15(2)13-16-6-4-3-5-7-16/h3-9,12,15,19-20H,10-11,13H2,1-2H3. The molecule has 2 aromatic rings. The molecule has 1 N–H and O–H groups in total. The number of rotatable bonds is 4. The third kappa shape index (κ3) is 2.94. The second-order valence-corrected chi connectivity index (χ2v) is 6.05. The van der Waals surface area contributed by atoms with Crippen LogP contribution in [-0.4, -0.2) is 6.04 Å². The third-order valence-electron chi connectivity index (χ3n) is 4.25. The van der Waals surface area contributed by atoms with Crippen LogP contribution in [0.1, 0.15) is 41.6 Å². The number of aryl methyl sites for hydroxylation is 2. The summed E-state index contributed by atoms with van der Waals surface area (Å²) in [5, 5.41) is 3.81. The molecule has 0 fully saturated rings. The van der Waals surface area contributed by atoms with Crippen molar-refractivity contribution in [1.29, 1.82) is 0 Å². The second kappa shape index (κ2) is 5.80. The zero-order valence-electron chi connectivity index (χ0n) is 12.4. The summed E-state index contributed by atoms with van der Waals surface area (Å²) in [6.45, 7) is 4.48. The van der Waals surface area contributed by atoms with Crippen molar-refractivity contribution in [2.45, 2.75) is 45.2 Å². The topological polar surface area (TPSA) is 12.0 Å². The first kappa shape index (κ1) is 13.4. The fourth-order valence-electron chi connectivity index (χ4n) is 3.26. The van der Waals surface area contributed by atoms with Crippen LogP contribution in [0.25, 0.3) is 0 Å². The average molecular weight is 265 g/mol. The van der Waals surface area contributed by atoms with Gasteiger partial charge in [-0.3, -0.25) is 0 Å². The fourth-order valence-corrected chi connectivity index (χ4v) is 3.26. The Morgan fingerprint density at radius 1 is 1.15 bits per heavy atom. The molecule has 1 aliphatic rings. The number of nitrogens with one attached hydrogen (secondary N) is 1. The van der Waals surface area contributed by atoms with E-state index in [1.165, 1.54) is 35.1 Å². The highest BCUT2D eigenvalue weighted by Crippen LogP contribution is 2.32. The number of fused-ring (bicyclic) bond motifs is 1. The summed E-state index contributed by atoms with van der Waals surface area (Å²) in [7, 11) is 0. The molecule has 2 aromatic carbocycles. The van der Waals surface area contributed by atoms with E-state index in [9.17, 15) is 0 Å². The van der Waals surface area contributed by atoms with Crippen LogP contribution < -0.4 is 5.32 Å². The van der Waals surface area contributed by atoms with Gasteiger partial charge < -0.3 is 5.32 Å². The summed E-state index contributed by atoms with van der Waals surface area (Å²) in [6.07, 6.45) is 3.54. The maximum atomic E-state index is 3.81. The Morgan fingerprint density at radius 2 is 1.95 bits per heavy atom.